The molecule has 1 aliphatic rings. The molecule has 4 nitrogen and oxygen atoms in total. The topological polar surface area (TPSA) is 55.4 Å². The minimum atomic E-state index is -0.237. The zero-order valence-corrected chi connectivity index (χ0v) is 16.7. The van der Waals surface area contributed by atoms with Gasteiger partial charge in [0.05, 0.1) is 5.56 Å². The van der Waals surface area contributed by atoms with Crippen molar-refractivity contribution in [1.82, 2.24) is 0 Å². The van der Waals surface area contributed by atoms with Crippen LogP contribution in [0.4, 0.5) is 5.69 Å². The number of ether oxygens (including phenoxy) is 1. The van der Waals surface area contributed by atoms with Crippen molar-refractivity contribution in [2.24, 2.45) is 0 Å². The molecule has 0 bridgehead atoms. The quantitative estimate of drug-likeness (QED) is 0.829. The average molecular weight is 365 g/mol. The van der Waals surface area contributed by atoms with Gasteiger partial charge >= 0.3 is 0 Å². The summed E-state index contributed by atoms with van der Waals surface area (Å²) in [6.07, 6.45) is 0.502. The summed E-state index contributed by atoms with van der Waals surface area (Å²) in [4.78, 5) is 24.8. The van der Waals surface area contributed by atoms with Crippen LogP contribution in [0.5, 0.6) is 5.75 Å². The molecule has 1 N–H and O–H groups in total. The zero-order valence-electron chi connectivity index (χ0n) is 16.7. The highest BCUT2D eigenvalue weighted by Crippen LogP contribution is 2.40. The molecule has 1 atom stereocenters. The lowest BCUT2D eigenvalue weighted by Crippen LogP contribution is -2.23. The van der Waals surface area contributed by atoms with Crippen molar-refractivity contribution in [1.29, 1.82) is 0 Å². The number of rotatable bonds is 4. The van der Waals surface area contributed by atoms with Gasteiger partial charge in [-0.25, -0.2) is 0 Å². The van der Waals surface area contributed by atoms with Crippen LogP contribution in [0.3, 0.4) is 0 Å². The van der Waals surface area contributed by atoms with Crippen molar-refractivity contribution in [3.05, 3.63) is 58.7 Å². The van der Waals surface area contributed by atoms with Gasteiger partial charge in [-0.1, -0.05) is 52.0 Å². The van der Waals surface area contributed by atoms with E-state index in [2.05, 4.69) is 33.0 Å². The minimum absolute atomic E-state index is 0.0783. The van der Waals surface area contributed by atoms with Crippen molar-refractivity contribution in [3.63, 3.8) is 0 Å². The molecular weight excluding hydrogens is 338 g/mol. The number of carbonyl (C=O) groups excluding carboxylic acids is 2. The number of ketones is 1. The first-order chi connectivity index (χ1) is 12.7. The summed E-state index contributed by atoms with van der Waals surface area (Å²) in [5.41, 5.74) is 4.57. The normalized spacial score (nSPS) is 16.2. The summed E-state index contributed by atoms with van der Waals surface area (Å²) in [7, 11) is 0. The molecule has 2 aromatic rings. The predicted molar refractivity (Wildman–Crippen MR) is 108 cm³/mol. The number of benzene rings is 2. The maximum absolute atomic E-state index is 12.5. The molecular formula is C23H27NO3. The number of hydrogen-bond donors (Lipinski definition) is 1. The van der Waals surface area contributed by atoms with Crippen molar-refractivity contribution >= 4 is 17.4 Å². The largest absolute Gasteiger partial charge is 0.483 e. The number of aryl methyl sites for hydroxylation is 1. The van der Waals surface area contributed by atoms with Crippen LogP contribution >= 0.6 is 0 Å². The van der Waals surface area contributed by atoms with Gasteiger partial charge in [0, 0.05) is 12.1 Å². The van der Waals surface area contributed by atoms with Gasteiger partial charge in [-0.15, -0.1) is 0 Å². The Morgan fingerprint density at radius 3 is 2.59 bits per heavy atom. The standard InChI is InChI=1S/C23H27NO3/c1-14-10-11-19(22-18(25)12-15(2)21(14)22)27-13-20(26)24-17-9-7-6-8-16(17)23(3,4)5/h6-11,15H,12-13H2,1-5H3,(H,24,26). The molecule has 0 saturated carbocycles. The number of amides is 1. The molecule has 1 unspecified atom stereocenters. The van der Waals surface area contributed by atoms with Crippen LogP contribution in [0.25, 0.3) is 0 Å². The second kappa shape index (κ2) is 7.18. The lowest BCUT2D eigenvalue weighted by molar-refractivity contribution is -0.118. The third-order valence-corrected chi connectivity index (χ3v) is 5.06. The smallest absolute Gasteiger partial charge is 0.262 e. The van der Waals surface area contributed by atoms with Gasteiger partial charge in [0.15, 0.2) is 12.4 Å². The second-order valence-corrected chi connectivity index (χ2v) is 8.33. The molecule has 0 saturated heterocycles. The van der Waals surface area contributed by atoms with Crippen LogP contribution in [-0.4, -0.2) is 18.3 Å². The van der Waals surface area contributed by atoms with E-state index < -0.39 is 0 Å². The Kier molecular flexibility index (Phi) is 5.09. The van der Waals surface area contributed by atoms with Crippen molar-refractivity contribution in [3.8, 4) is 5.75 Å². The Labute approximate surface area is 160 Å². The van der Waals surface area contributed by atoms with Crippen LogP contribution in [-0.2, 0) is 10.2 Å². The highest BCUT2D eigenvalue weighted by molar-refractivity contribution is 6.04. The van der Waals surface area contributed by atoms with Gasteiger partial charge in [-0.3, -0.25) is 9.59 Å². The Bertz CT molecular complexity index is 893. The molecule has 0 fully saturated rings. The fourth-order valence-corrected chi connectivity index (χ4v) is 3.80. The first-order valence-corrected chi connectivity index (χ1v) is 9.37. The SMILES string of the molecule is Cc1ccc(OCC(=O)Nc2ccccc2C(C)(C)C)c2c1C(C)CC2=O. The van der Waals surface area contributed by atoms with E-state index in [1.807, 2.05) is 37.3 Å². The maximum atomic E-state index is 12.5. The van der Waals surface area contributed by atoms with Gasteiger partial charge in [-0.05, 0) is 47.1 Å². The number of Topliss-reactive ketones (excluding diaryl/α,β-unsaturated/α-hetero) is 1. The fourth-order valence-electron chi connectivity index (χ4n) is 3.80. The lowest BCUT2D eigenvalue weighted by Gasteiger charge is -2.23. The number of hydrogen-bond acceptors (Lipinski definition) is 3. The predicted octanol–water partition coefficient (Wildman–Crippen LogP) is 5.00. The molecule has 0 aromatic heterocycles. The van der Waals surface area contributed by atoms with E-state index in [9.17, 15) is 9.59 Å². The van der Waals surface area contributed by atoms with E-state index in [1.165, 1.54) is 0 Å². The van der Waals surface area contributed by atoms with Gasteiger partial charge in [0.2, 0.25) is 0 Å². The zero-order chi connectivity index (χ0) is 19.8. The Balaban J connectivity index is 1.75. The van der Waals surface area contributed by atoms with E-state index in [0.29, 0.717) is 17.7 Å². The molecule has 0 heterocycles. The molecule has 1 amide bonds. The van der Waals surface area contributed by atoms with Crippen LogP contribution in [0.2, 0.25) is 0 Å². The molecule has 1 aliphatic carbocycles. The fraction of sp³-hybridized carbons (Fsp3) is 0.391. The van der Waals surface area contributed by atoms with Crippen LogP contribution in [0.1, 0.15) is 67.1 Å². The van der Waals surface area contributed by atoms with Crippen molar-refractivity contribution in [2.45, 2.75) is 52.4 Å². The highest BCUT2D eigenvalue weighted by atomic mass is 16.5. The lowest BCUT2D eigenvalue weighted by atomic mass is 9.86. The molecule has 3 rings (SSSR count). The number of para-hydroxylation sites is 1. The van der Waals surface area contributed by atoms with E-state index in [-0.39, 0.29) is 29.6 Å². The summed E-state index contributed by atoms with van der Waals surface area (Å²) in [5, 5.41) is 2.94. The molecule has 0 spiro atoms. The molecule has 0 radical (unpaired) electrons. The van der Waals surface area contributed by atoms with Crippen molar-refractivity contribution in [2.75, 3.05) is 11.9 Å². The van der Waals surface area contributed by atoms with Crippen LogP contribution < -0.4 is 10.1 Å². The monoisotopic (exact) mass is 365 g/mol. The van der Waals surface area contributed by atoms with E-state index >= 15 is 0 Å². The van der Waals surface area contributed by atoms with E-state index in [0.717, 1.165) is 22.4 Å². The highest BCUT2D eigenvalue weighted by Gasteiger charge is 2.31. The summed E-state index contributed by atoms with van der Waals surface area (Å²) < 4.78 is 5.75. The molecule has 2 aromatic carbocycles. The molecule has 4 heteroatoms. The summed E-state index contributed by atoms with van der Waals surface area (Å²) in [5.74, 6) is 0.557. The van der Waals surface area contributed by atoms with Gasteiger partial charge in [0.1, 0.15) is 5.75 Å². The van der Waals surface area contributed by atoms with E-state index in [1.54, 1.807) is 6.07 Å². The van der Waals surface area contributed by atoms with Gasteiger partial charge in [-0.2, -0.15) is 0 Å². The third-order valence-electron chi connectivity index (χ3n) is 5.06. The molecule has 27 heavy (non-hydrogen) atoms. The Hall–Kier alpha value is -2.62. The Morgan fingerprint density at radius 2 is 1.89 bits per heavy atom. The molecule has 142 valence electrons. The number of anilines is 1. The number of fused-ring (bicyclic) bond motifs is 1. The second-order valence-electron chi connectivity index (χ2n) is 8.33. The van der Waals surface area contributed by atoms with Crippen molar-refractivity contribution < 1.29 is 14.3 Å². The number of carbonyl (C=O) groups is 2. The summed E-state index contributed by atoms with van der Waals surface area (Å²) >= 11 is 0. The van der Waals surface area contributed by atoms with Crippen LogP contribution in [0.15, 0.2) is 36.4 Å². The minimum Gasteiger partial charge on any atom is -0.483 e. The summed E-state index contributed by atoms with van der Waals surface area (Å²) in [6.45, 7) is 10.3. The first-order valence-electron chi connectivity index (χ1n) is 9.37. The summed E-state index contributed by atoms with van der Waals surface area (Å²) in [6, 6.07) is 11.5. The van der Waals surface area contributed by atoms with E-state index in [4.69, 9.17) is 4.74 Å². The number of nitrogens with one attached hydrogen (secondary N) is 1. The first kappa shape index (κ1) is 19.2. The average Bonchev–Trinajstić information content (AvgIpc) is 2.89. The molecule has 0 aliphatic heterocycles. The maximum Gasteiger partial charge on any atom is 0.262 e. The Morgan fingerprint density at radius 1 is 1.19 bits per heavy atom. The van der Waals surface area contributed by atoms with Gasteiger partial charge < -0.3 is 10.1 Å². The van der Waals surface area contributed by atoms with Gasteiger partial charge in [0.25, 0.3) is 5.91 Å². The third kappa shape index (κ3) is 3.90. The van der Waals surface area contributed by atoms with Crippen LogP contribution in [0, 0.1) is 6.92 Å².